The van der Waals surface area contributed by atoms with Gasteiger partial charge < -0.3 is 25.6 Å². The van der Waals surface area contributed by atoms with Gasteiger partial charge in [0.25, 0.3) is 0 Å². The Morgan fingerprint density at radius 3 is 2.72 bits per heavy atom. The molecule has 1 fully saturated rings. The first-order valence-electron chi connectivity index (χ1n) is 10.7. The second-order valence-electron chi connectivity index (χ2n) is 8.09. The molecule has 0 unspecified atom stereocenters. The number of nitrogens with two attached hydrogens (primary N) is 1. The summed E-state index contributed by atoms with van der Waals surface area (Å²) in [6.07, 6.45) is 0.252. The third kappa shape index (κ3) is 4.35. The molecule has 0 bridgehead atoms. The van der Waals surface area contributed by atoms with Gasteiger partial charge >= 0.3 is 6.09 Å². The molecule has 1 aromatic carbocycles. The first kappa shape index (κ1) is 22.3. The van der Waals surface area contributed by atoms with E-state index in [0.717, 1.165) is 28.8 Å². The molecule has 0 radical (unpaired) electrons. The minimum atomic E-state index is -3.08. The summed E-state index contributed by atoms with van der Waals surface area (Å²) in [5.74, 6) is 1.07. The van der Waals surface area contributed by atoms with Crippen LogP contribution in [0.3, 0.4) is 0 Å². The summed E-state index contributed by atoms with van der Waals surface area (Å²) in [5.41, 5.74) is 8.61. The number of nitrogen functional groups attached to an aromatic ring is 1. The Labute approximate surface area is 186 Å². The van der Waals surface area contributed by atoms with E-state index in [1.807, 2.05) is 31.2 Å². The Morgan fingerprint density at radius 1 is 1.28 bits per heavy atom. The molecule has 0 aliphatic carbocycles. The highest BCUT2D eigenvalue weighted by atomic mass is 32.2. The molecule has 11 heteroatoms. The van der Waals surface area contributed by atoms with E-state index < -0.39 is 22.0 Å². The van der Waals surface area contributed by atoms with Crippen LogP contribution >= 0.6 is 0 Å². The number of anilines is 1. The van der Waals surface area contributed by atoms with Crippen molar-refractivity contribution in [3.63, 3.8) is 0 Å². The van der Waals surface area contributed by atoms with Crippen LogP contribution in [0.25, 0.3) is 21.9 Å². The van der Waals surface area contributed by atoms with Crippen molar-refractivity contribution in [2.75, 3.05) is 30.3 Å². The maximum absolute atomic E-state index is 11.6. The van der Waals surface area contributed by atoms with Crippen molar-refractivity contribution in [2.24, 2.45) is 0 Å². The zero-order valence-electron chi connectivity index (χ0n) is 18.0. The van der Waals surface area contributed by atoms with Gasteiger partial charge in [-0.05, 0) is 25.5 Å². The van der Waals surface area contributed by atoms with E-state index in [0.29, 0.717) is 43.8 Å². The molecule has 0 spiro atoms. The zero-order valence-corrected chi connectivity index (χ0v) is 18.8. The molecule has 10 nitrogen and oxygen atoms in total. The van der Waals surface area contributed by atoms with Crippen LogP contribution < -0.4 is 11.1 Å². The summed E-state index contributed by atoms with van der Waals surface area (Å²) in [5, 5.41) is 13.8. The van der Waals surface area contributed by atoms with Gasteiger partial charge in [0.1, 0.15) is 11.3 Å². The number of unbranched alkanes of at least 4 members (excludes halogenated alkanes) is 1. The van der Waals surface area contributed by atoms with Gasteiger partial charge in [-0.3, -0.25) is 0 Å². The van der Waals surface area contributed by atoms with Crippen LogP contribution in [0.4, 0.5) is 10.6 Å². The number of pyridine rings is 1. The Bertz CT molecular complexity index is 1240. The van der Waals surface area contributed by atoms with E-state index in [9.17, 15) is 18.3 Å². The Balaban J connectivity index is 1.55. The normalized spacial score (nSPS) is 15.8. The van der Waals surface area contributed by atoms with E-state index in [1.165, 1.54) is 4.90 Å². The molecule has 4 rings (SSSR count). The van der Waals surface area contributed by atoms with E-state index in [1.54, 1.807) is 0 Å². The average Bonchev–Trinajstić information content (AvgIpc) is 3.09. The second kappa shape index (κ2) is 8.91. The van der Waals surface area contributed by atoms with E-state index >= 15 is 0 Å². The molecule has 2 aromatic heterocycles. The predicted molar refractivity (Wildman–Crippen MR) is 123 cm³/mol. The number of nitrogens with one attached hydrogen (secondary N) is 1. The molecular weight excluding hydrogens is 432 g/mol. The molecule has 172 valence electrons. The van der Waals surface area contributed by atoms with Crippen LogP contribution in [0, 0.1) is 0 Å². The number of rotatable bonds is 9. The van der Waals surface area contributed by atoms with Gasteiger partial charge in [0.05, 0.1) is 35.1 Å². The molecule has 3 heterocycles. The second-order valence-corrected chi connectivity index (χ2v) is 10.2. The highest BCUT2D eigenvalue weighted by molar-refractivity contribution is 7.92. The highest BCUT2D eigenvalue weighted by Crippen LogP contribution is 2.29. The number of fused-ring (bicyclic) bond motifs is 3. The lowest BCUT2D eigenvalue weighted by molar-refractivity contribution is 0.129. The van der Waals surface area contributed by atoms with Crippen LogP contribution in [-0.2, 0) is 22.9 Å². The van der Waals surface area contributed by atoms with Crippen molar-refractivity contribution in [2.45, 2.75) is 38.9 Å². The number of aryl methyl sites for hydroxylation is 1. The maximum Gasteiger partial charge on any atom is 0.407 e. The third-order valence-corrected chi connectivity index (χ3v) is 7.62. The number of hydrogen-bond donors (Lipinski definition) is 3. The van der Waals surface area contributed by atoms with Crippen LogP contribution in [0.1, 0.15) is 25.6 Å². The van der Waals surface area contributed by atoms with Gasteiger partial charge in [0, 0.05) is 18.5 Å². The van der Waals surface area contributed by atoms with Crippen LogP contribution in [-0.4, -0.2) is 69.7 Å². The lowest BCUT2D eigenvalue weighted by atomic mass is 10.2. The number of imidazole rings is 1. The highest BCUT2D eigenvalue weighted by Gasteiger charge is 2.39. The van der Waals surface area contributed by atoms with Crippen LogP contribution in [0.15, 0.2) is 24.3 Å². The number of amides is 1. The minimum Gasteiger partial charge on any atom is -0.465 e. The minimum absolute atomic E-state index is 0.0867. The Hall–Kier alpha value is -2.92. The molecule has 1 aliphatic heterocycles. The Kier molecular flexibility index (Phi) is 6.20. The number of para-hydroxylation sites is 1. The van der Waals surface area contributed by atoms with Crippen LogP contribution in [0.2, 0.25) is 0 Å². The molecule has 1 aliphatic rings. The maximum atomic E-state index is 11.6. The molecule has 1 amide bonds. The summed E-state index contributed by atoms with van der Waals surface area (Å²) < 4.78 is 25.0. The van der Waals surface area contributed by atoms with Crippen molar-refractivity contribution in [3.8, 4) is 0 Å². The topological polar surface area (TPSA) is 143 Å². The predicted octanol–water partition coefficient (Wildman–Crippen LogP) is 1.83. The summed E-state index contributed by atoms with van der Waals surface area (Å²) in [7, 11) is -3.08. The first-order chi connectivity index (χ1) is 15.3. The number of benzene rings is 1. The zero-order chi connectivity index (χ0) is 22.9. The average molecular weight is 461 g/mol. The molecule has 0 saturated carbocycles. The van der Waals surface area contributed by atoms with E-state index in [4.69, 9.17) is 10.7 Å². The lowest BCUT2D eigenvalue weighted by Crippen LogP contribution is -2.55. The monoisotopic (exact) mass is 460 g/mol. The first-order valence-corrected chi connectivity index (χ1v) is 12.6. The fourth-order valence-electron chi connectivity index (χ4n) is 4.22. The molecule has 4 N–H and O–H groups in total. The number of hydrogen-bond acceptors (Lipinski definition) is 7. The molecule has 32 heavy (non-hydrogen) atoms. The fraction of sp³-hybridized carbons (Fsp3) is 0.476. The quantitative estimate of drug-likeness (QED) is 0.410. The summed E-state index contributed by atoms with van der Waals surface area (Å²) >= 11 is 0. The molecule has 1 saturated heterocycles. The van der Waals surface area contributed by atoms with Gasteiger partial charge in [-0.25, -0.2) is 23.2 Å². The third-order valence-electron chi connectivity index (χ3n) is 5.83. The van der Waals surface area contributed by atoms with Gasteiger partial charge in [0.15, 0.2) is 15.7 Å². The van der Waals surface area contributed by atoms with Gasteiger partial charge in [-0.1, -0.05) is 25.1 Å². The summed E-state index contributed by atoms with van der Waals surface area (Å²) in [6.45, 7) is 4.35. The van der Waals surface area contributed by atoms with Gasteiger partial charge in [-0.15, -0.1) is 0 Å². The fourth-order valence-corrected chi connectivity index (χ4v) is 5.66. The molecule has 3 aromatic rings. The smallest absolute Gasteiger partial charge is 0.407 e. The summed E-state index contributed by atoms with van der Waals surface area (Å²) in [4.78, 5) is 22.1. The Morgan fingerprint density at radius 2 is 2.03 bits per heavy atom. The SMILES string of the molecule is CCNCc1nc2c(N)nc3ccccc3c2n1CCCCN(C(=O)O)C1CS(=O)(=O)C1. The van der Waals surface area contributed by atoms with Crippen molar-refractivity contribution in [1.82, 2.24) is 24.8 Å². The number of carbonyl (C=O) groups is 1. The van der Waals surface area contributed by atoms with Crippen molar-refractivity contribution < 1.29 is 18.3 Å². The van der Waals surface area contributed by atoms with E-state index in [-0.39, 0.29) is 11.5 Å². The van der Waals surface area contributed by atoms with Crippen molar-refractivity contribution in [1.29, 1.82) is 0 Å². The number of sulfone groups is 1. The number of nitrogens with zero attached hydrogens (tertiary/aromatic N) is 4. The molecular formula is C21H28N6O4S. The number of aromatic nitrogens is 3. The molecule has 0 atom stereocenters. The van der Waals surface area contributed by atoms with Gasteiger partial charge in [0.2, 0.25) is 0 Å². The summed E-state index contributed by atoms with van der Waals surface area (Å²) in [6, 6.07) is 7.36. The standard InChI is InChI=1S/C21H28N6O4S/c1-2-23-11-17-25-18-19(15-7-3-4-8-16(15)24-20(18)22)27(17)10-6-5-9-26(21(28)29)14-12-32(30,31)13-14/h3-4,7-8,14,23H,2,5-6,9-13H2,1H3,(H2,22,24)(H,28,29). The largest absolute Gasteiger partial charge is 0.465 e. The van der Waals surface area contributed by atoms with Crippen LogP contribution in [0.5, 0.6) is 0 Å². The number of carboxylic acid groups (broad SMARTS) is 1. The van der Waals surface area contributed by atoms with Gasteiger partial charge in [-0.2, -0.15) is 0 Å². The lowest BCUT2D eigenvalue weighted by Gasteiger charge is -2.35. The van der Waals surface area contributed by atoms with Crippen molar-refractivity contribution >= 4 is 43.7 Å². The van der Waals surface area contributed by atoms with Crippen molar-refractivity contribution in [3.05, 3.63) is 30.1 Å². The van der Waals surface area contributed by atoms with E-state index in [2.05, 4.69) is 14.9 Å².